The van der Waals surface area contributed by atoms with E-state index in [4.69, 9.17) is 5.11 Å². The molecule has 1 aliphatic rings. The number of carbonyl (C=O) groups is 1. The van der Waals surface area contributed by atoms with Crippen molar-refractivity contribution >= 4 is 32.5 Å². The van der Waals surface area contributed by atoms with E-state index in [1.54, 1.807) is 11.6 Å². The highest BCUT2D eigenvalue weighted by Gasteiger charge is 2.31. The van der Waals surface area contributed by atoms with Crippen molar-refractivity contribution in [1.29, 1.82) is 0 Å². The molecular formula is C12H15N5O4S2. The molecule has 0 unspecified atom stereocenters. The Labute approximate surface area is 136 Å². The van der Waals surface area contributed by atoms with Gasteiger partial charge in [-0.1, -0.05) is 11.3 Å². The summed E-state index contributed by atoms with van der Waals surface area (Å²) in [7, 11) is -1.88. The van der Waals surface area contributed by atoms with Crippen LogP contribution in [0.1, 0.15) is 9.67 Å². The summed E-state index contributed by atoms with van der Waals surface area (Å²) in [6.07, 6.45) is 4.24. The average molecular weight is 357 g/mol. The summed E-state index contributed by atoms with van der Waals surface area (Å²) in [6, 6.07) is 0. The molecule has 23 heavy (non-hydrogen) atoms. The van der Waals surface area contributed by atoms with Crippen LogP contribution in [0.5, 0.6) is 0 Å². The van der Waals surface area contributed by atoms with Gasteiger partial charge in [0.05, 0.1) is 12.5 Å². The summed E-state index contributed by atoms with van der Waals surface area (Å²) in [6.45, 7) is 1.53. The van der Waals surface area contributed by atoms with Crippen LogP contribution in [0.25, 0.3) is 0 Å². The van der Waals surface area contributed by atoms with Crippen LogP contribution in [0.15, 0.2) is 23.7 Å². The van der Waals surface area contributed by atoms with Crippen molar-refractivity contribution in [1.82, 2.24) is 18.8 Å². The van der Waals surface area contributed by atoms with Gasteiger partial charge in [-0.2, -0.15) is 4.31 Å². The molecule has 0 spiro atoms. The molecule has 1 saturated heterocycles. The fourth-order valence-electron chi connectivity index (χ4n) is 2.28. The molecule has 0 radical (unpaired) electrons. The smallest absolute Gasteiger partial charge is 0.347 e. The van der Waals surface area contributed by atoms with E-state index in [1.165, 1.54) is 23.0 Å². The van der Waals surface area contributed by atoms with Crippen LogP contribution in [0.3, 0.4) is 0 Å². The van der Waals surface area contributed by atoms with Gasteiger partial charge in [0.15, 0.2) is 10.2 Å². The van der Waals surface area contributed by atoms with Crippen LogP contribution in [-0.4, -0.2) is 64.5 Å². The third kappa shape index (κ3) is 3.07. The number of aromatic carboxylic acids is 1. The van der Waals surface area contributed by atoms with Gasteiger partial charge in [0.25, 0.3) is 10.0 Å². The van der Waals surface area contributed by atoms with E-state index in [1.807, 2.05) is 4.90 Å². The van der Waals surface area contributed by atoms with Gasteiger partial charge < -0.3 is 14.6 Å². The minimum absolute atomic E-state index is 0.0378. The molecule has 0 saturated carbocycles. The van der Waals surface area contributed by atoms with E-state index in [0.29, 0.717) is 31.3 Å². The maximum Gasteiger partial charge on any atom is 0.347 e. The van der Waals surface area contributed by atoms with Crippen molar-refractivity contribution in [2.24, 2.45) is 7.05 Å². The number of aryl methyl sites for hydroxylation is 1. The highest BCUT2D eigenvalue weighted by Crippen LogP contribution is 2.25. The van der Waals surface area contributed by atoms with Gasteiger partial charge in [-0.3, -0.25) is 0 Å². The predicted molar refractivity (Wildman–Crippen MR) is 83.3 cm³/mol. The first kappa shape index (κ1) is 15.9. The largest absolute Gasteiger partial charge is 0.477 e. The van der Waals surface area contributed by atoms with E-state index in [2.05, 4.69) is 9.97 Å². The number of carboxylic acids is 1. The second kappa shape index (κ2) is 5.91. The van der Waals surface area contributed by atoms with E-state index >= 15 is 0 Å². The third-order valence-electron chi connectivity index (χ3n) is 3.50. The zero-order chi connectivity index (χ0) is 16.6. The van der Waals surface area contributed by atoms with E-state index in [-0.39, 0.29) is 9.90 Å². The molecule has 0 amide bonds. The van der Waals surface area contributed by atoms with Crippen molar-refractivity contribution in [3.05, 3.63) is 23.6 Å². The molecule has 11 heteroatoms. The molecule has 1 fully saturated rings. The number of nitrogens with zero attached hydrogens (tertiary/aromatic N) is 5. The maximum atomic E-state index is 12.5. The zero-order valence-electron chi connectivity index (χ0n) is 12.3. The molecule has 0 atom stereocenters. The SMILES string of the molecule is Cn1cnc(S(=O)(=O)N2CCN(c3ncc(C(=O)O)s3)CC2)c1. The van der Waals surface area contributed by atoms with Crippen LogP contribution in [-0.2, 0) is 17.1 Å². The summed E-state index contributed by atoms with van der Waals surface area (Å²) in [4.78, 5) is 21.0. The number of aromatic nitrogens is 3. The minimum atomic E-state index is -3.59. The lowest BCUT2D eigenvalue weighted by molar-refractivity contribution is 0.0702. The van der Waals surface area contributed by atoms with Gasteiger partial charge >= 0.3 is 5.97 Å². The van der Waals surface area contributed by atoms with Gasteiger partial charge in [0.2, 0.25) is 0 Å². The maximum absolute atomic E-state index is 12.5. The molecule has 1 N–H and O–H groups in total. The van der Waals surface area contributed by atoms with Gasteiger partial charge in [0.1, 0.15) is 4.88 Å². The van der Waals surface area contributed by atoms with Gasteiger partial charge in [-0.05, 0) is 0 Å². The van der Waals surface area contributed by atoms with Crippen molar-refractivity contribution in [2.45, 2.75) is 5.03 Å². The van der Waals surface area contributed by atoms with Gasteiger partial charge in [0, 0.05) is 39.4 Å². The quantitative estimate of drug-likeness (QED) is 0.826. The molecular weight excluding hydrogens is 342 g/mol. The van der Waals surface area contributed by atoms with Crippen LogP contribution < -0.4 is 4.90 Å². The van der Waals surface area contributed by atoms with E-state index < -0.39 is 16.0 Å². The molecule has 2 aromatic heterocycles. The number of imidazole rings is 1. The first-order valence-corrected chi connectivity index (χ1v) is 9.06. The Balaban J connectivity index is 1.69. The molecule has 0 bridgehead atoms. The number of hydrogen-bond donors (Lipinski definition) is 1. The molecule has 3 rings (SSSR count). The Bertz CT molecular complexity index is 820. The van der Waals surface area contributed by atoms with Crippen molar-refractivity contribution < 1.29 is 18.3 Å². The summed E-state index contributed by atoms with van der Waals surface area (Å²) < 4.78 is 27.9. The Hall–Kier alpha value is -1.98. The topological polar surface area (TPSA) is 109 Å². The lowest BCUT2D eigenvalue weighted by atomic mass is 10.4. The van der Waals surface area contributed by atoms with Crippen molar-refractivity contribution in [3.8, 4) is 0 Å². The Morgan fingerprint density at radius 2 is 1.96 bits per heavy atom. The fourth-order valence-corrected chi connectivity index (χ4v) is 4.48. The standard InChI is InChI=1S/C12H15N5O4S2/c1-15-7-10(14-8-15)23(20,21)17-4-2-16(3-5-17)12-13-6-9(22-12)11(18)19/h6-8H,2-5H2,1H3,(H,18,19). The number of hydrogen-bond acceptors (Lipinski definition) is 7. The Kier molecular flexibility index (Phi) is 4.08. The predicted octanol–water partition coefficient (Wildman–Crippen LogP) is 0.0857. The highest BCUT2D eigenvalue weighted by molar-refractivity contribution is 7.89. The third-order valence-corrected chi connectivity index (χ3v) is 6.33. The van der Waals surface area contributed by atoms with Crippen LogP contribution >= 0.6 is 11.3 Å². The number of rotatable bonds is 4. The number of piperazine rings is 1. The molecule has 124 valence electrons. The second-order valence-electron chi connectivity index (χ2n) is 5.08. The number of thiazole rings is 1. The highest BCUT2D eigenvalue weighted by atomic mass is 32.2. The van der Waals surface area contributed by atoms with E-state index in [9.17, 15) is 13.2 Å². The first-order valence-electron chi connectivity index (χ1n) is 6.80. The lowest BCUT2D eigenvalue weighted by Crippen LogP contribution is -2.48. The van der Waals surface area contributed by atoms with Crippen molar-refractivity contribution in [2.75, 3.05) is 31.1 Å². The summed E-state index contributed by atoms with van der Waals surface area (Å²) in [5.74, 6) is -1.01. The van der Waals surface area contributed by atoms with E-state index in [0.717, 1.165) is 11.3 Å². The normalized spacial score (nSPS) is 16.7. The zero-order valence-corrected chi connectivity index (χ0v) is 13.9. The molecule has 3 heterocycles. The number of carboxylic acid groups (broad SMARTS) is 1. The minimum Gasteiger partial charge on any atom is -0.477 e. The second-order valence-corrected chi connectivity index (χ2v) is 7.97. The summed E-state index contributed by atoms with van der Waals surface area (Å²) in [5.41, 5.74) is 0. The van der Waals surface area contributed by atoms with Crippen LogP contribution in [0, 0.1) is 0 Å². The monoisotopic (exact) mass is 357 g/mol. The molecule has 2 aromatic rings. The lowest BCUT2D eigenvalue weighted by Gasteiger charge is -2.33. The molecule has 0 aromatic carbocycles. The first-order chi connectivity index (χ1) is 10.9. The Morgan fingerprint density at radius 3 is 2.48 bits per heavy atom. The molecule has 9 nitrogen and oxygen atoms in total. The van der Waals surface area contributed by atoms with Gasteiger partial charge in [-0.15, -0.1) is 0 Å². The van der Waals surface area contributed by atoms with Crippen LogP contribution in [0.4, 0.5) is 5.13 Å². The molecule has 1 aliphatic heterocycles. The summed E-state index contributed by atoms with van der Waals surface area (Å²) >= 11 is 1.09. The number of anilines is 1. The summed E-state index contributed by atoms with van der Waals surface area (Å²) in [5, 5.41) is 9.56. The average Bonchev–Trinajstić information content (AvgIpc) is 3.16. The molecule has 0 aliphatic carbocycles. The van der Waals surface area contributed by atoms with Gasteiger partial charge in [-0.25, -0.2) is 23.2 Å². The van der Waals surface area contributed by atoms with Crippen molar-refractivity contribution in [3.63, 3.8) is 0 Å². The van der Waals surface area contributed by atoms with Crippen LogP contribution in [0.2, 0.25) is 0 Å². The number of sulfonamides is 1. The Morgan fingerprint density at radius 1 is 1.26 bits per heavy atom. The fraction of sp³-hybridized carbons (Fsp3) is 0.417.